The summed E-state index contributed by atoms with van der Waals surface area (Å²) in [6.07, 6.45) is 16.7. The molecular weight excluding hydrogens is 242 g/mol. The molecule has 0 heterocycles. The van der Waals surface area contributed by atoms with Crippen molar-refractivity contribution < 1.29 is 0 Å². The lowest BCUT2D eigenvalue weighted by molar-refractivity contribution is 0.903. The Bertz CT molecular complexity index is 559. The average Bonchev–Trinajstić information content (AvgIpc) is 2.50. The number of allylic oxidation sites excluding steroid dienone is 8. The van der Waals surface area contributed by atoms with Gasteiger partial charge in [0.05, 0.1) is 0 Å². The predicted molar refractivity (Wildman–Crippen MR) is 88.5 cm³/mol. The van der Waals surface area contributed by atoms with E-state index < -0.39 is 0 Å². The van der Waals surface area contributed by atoms with Crippen LogP contribution >= 0.6 is 0 Å². The topological polar surface area (TPSA) is 3.24 Å². The zero-order valence-electron chi connectivity index (χ0n) is 12.0. The van der Waals surface area contributed by atoms with Gasteiger partial charge in [-0.2, -0.15) is 0 Å². The number of para-hydroxylation sites is 1. The van der Waals surface area contributed by atoms with Gasteiger partial charge in [-0.1, -0.05) is 55.2 Å². The van der Waals surface area contributed by atoms with E-state index in [1.165, 1.54) is 5.70 Å². The first-order chi connectivity index (χ1) is 9.83. The van der Waals surface area contributed by atoms with Crippen LogP contribution in [-0.4, -0.2) is 0 Å². The summed E-state index contributed by atoms with van der Waals surface area (Å²) in [5.74, 6) is 0. The van der Waals surface area contributed by atoms with Crippen LogP contribution in [-0.2, 0) is 0 Å². The van der Waals surface area contributed by atoms with Crippen molar-refractivity contribution in [1.82, 2.24) is 0 Å². The molecular formula is C19H21N. The summed E-state index contributed by atoms with van der Waals surface area (Å²) in [6, 6.07) is 10.4. The molecule has 0 bridgehead atoms. The fourth-order valence-corrected chi connectivity index (χ4v) is 2.22. The van der Waals surface area contributed by atoms with Gasteiger partial charge in [0, 0.05) is 17.1 Å². The molecule has 1 nitrogen and oxygen atoms in total. The van der Waals surface area contributed by atoms with Gasteiger partial charge in [0.2, 0.25) is 0 Å². The van der Waals surface area contributed by atoms with Gasteiger partial charge in [-0.25, -0.2) is 0 Å². The van der Waals surface area contributed by atoms with Gasteiger partial charge < -0.3 is 4.90 Å². The van der Waals surface area contributed by atoms with Gasteiger partial charge in [-0.3, -0.25) is 0 Å². The van der Waals surface area contributed by atoms with Crippen LogP contribution in [0, 0.1) is 0 Å². The van der Waals surface area contributed by atoms with E-state index in [-0.39, 0.29) is 0 Å². The highest BCUT2D eigenvalue weighted by atomic mass is 15.1. The van der Waals surface area contributed by atoms with Gasteiger partial charge >= 0.3 is 0 Å². The second-order valence-electron chi connectivity index (χ2n) is 4.67. The molecule has 0 fully saturated rings. The number of hydrogen-bond acceptors (Lipinski definition) is 1. The first-order valence-corrected chi connectivity index (χ1v) is 7.02. The van der Waals surface area contributed by atoms with Crippen LogP contribution in [0.1, 0.15) is 19.8 Å². The van der Waals surface area contributed by atoms with Gasteiger partial charge in [0.25, 0.3) is 0 Å². The largest absolute Gasteiger partial charge is 0.315 e. The van der Waals surface area contributed by atoms with Gasteiger partial charge in [-0.05, 0) is 44.1 Å². The molecule has 1 heteroatoms. The molecule has 0 aliphatic heterocycles. The molecule has 1 aliphatic carbocycles. The number of rotatable bonds is 5. The minimum absolute atomic E-state index is 0.982. The molecule has 20 heavy (non-hydrogen) atoms. The Balaban J connectivity index is 2.31. The highest BCUT2D eigenvalue weighted by molar-refractivity contribution is 5.60. The lowest BCUT2D eigenvalue weighted by Crippen LogP contribution is -2.20. The van der Waals surface area contributed by atoms with Crippen LogP contribution in [0.4, 0.5) is 5.69 Å². The van der Waals surface area contributed by atoms with Crippen LogP contribution < -0.4 is 4.90 Å². The fourth-order valence-electron chi connectivity index (χ4n) is 2.22. The Morgan fingerprint density at radius 2 is 2.00 bits per heavy atom. The van der Waals surface area contributed by atoms with Crippen LogP contribution in [0.25, 0.3) is 0 Å². The summed E-state index contributed by atoms with van der Waals surface area (Å²) in [6.45, 7) is 6.23. The molecule has 0 amide bonds. The second-order valence-corrected chi connectivity index (χ2v) is 4.67. The maximum Gasteiger partial charge on any atom is 0.0458 e. The molecule has 1 aromatic rings. The summed E-state index contributed by atoms with van der Waals surface area (Å²) in [7, 11) is 0. The quantitative estimate of drug-likeness (QED) is 0.645. The fraction of sp³-hybridized carbons (Fsp3) is 0.158. The predicted octanol–water partition coefficient (Wildman–Crippen LogP) is 5.37. The van der Waals surface area contributed by atoms with Crippen molar-refractivity contribution >= 4 is 5.69 Å². The van der Waals surface area contributed by atoms with Crippen molar-refractivity contribution in [3.63, 3.8) is 0 Å². The van der Waals surface area contributed by atoms with Crippen LogP contribution in [0.2, 0.25) is 0 Å². The molecule has 0 unspecified atom stereocenters. The Hall–Kier alpha value is -2.28. The van der Waals surface area contributed by atoms with Crippen LogP contribution in [0.3, 0.4) is 0 Å². The van der Waals surface area contributed by atoms with Crippen molar-refractivity contribution in [1.29, 1.82) is 0 Å². The Kier molecular flexibility index (Phi) is 5.19. The summed E-state index contributed by atoms with van der Waals surface area (Å²) < 4.78 is 0. The molecule has 0 saturated heterocycles. The zero-order valence-corrected chi connectivity index (χ0v) is 12.0. The summed E-state index contributed by atoms with van der Waals surface area (Å²) in [4.78, 5) is 2.23. The van der Waals surface area contributed by atoms with E-state index in [4.69, 9.17) is 0 Å². The monoisotopic (exact) mass is 263 g/mol. The normalized spacial score (nSPS) is 14.8. The SMILES string of the molecule is C=C(/C=C\C=C/C)N(C1=CC=CCC1)c1ccccc1. The molecule has 1 aliphatic rings. The molecule has 102 valence electrons. The standard InChI is InChI=1S/C19H21N/c1-3-4-7-12-17(2)20(18-13-8-5-9-14-18)19-15-10-6-11-16-19/h3-10,12-15H,2,11,16H2,1H3/b4-3-,12-7-. The first-order valence-electron chi connectivity index (χ1n) is 7.02. The lowest BCUT2D eigenvalue weighted by atomic mass is 10.1. The smallest absolute Gasteiger partial charge is 0.0458 e. The van der Waals surface area contributed by atoms with E-state index in [9.17, 15) is 0 Å². The van der Waals surface area contributed by atoms with Gasteiger partial charge in [0.15, 0.2) is 0 Å². The number of nitrogens with zero attached hydrogens (tertiary/aromatic N) is 1. The third-order valence-corrected chi connectivity index (χ3v) is 3.17. The van der Waals surface area contributed by atoms with E-state index in [0.717, 1.165) is 24.2 Å². The minimum atomic E-state index is 0.982. The number of benzene rings is 1. The van der Waals surface area contributed by atoms with Crippen molar-refractivity contribution in [3.05, 3.63) is 90.8 Å². The molecule has 2 rings (SSSR count). The van der Waals surface area contributed by atoms with Crippen molar-refractivity contribution in [2.75, 3.05) is 4.90 Å². The third kappa shape index (κ3) is 3.61. The zero-order chi connectivity index (χ0) is 14.2. The average molecular weight is 263 g/mol. The molecule has 0 atom stereocenters. The van der Waals surface area contributed by atoms with E-state index in [2.05, 4.69) is 54.0 Å². The summed E-state index contributed by atoms with van der Waals surface area (Å²) in [5.41, 5.74) is 3.42. The summed E-state index contributed by atoms with van der Waals surface area (Å²) in [5, 5.41) is 0. The Morgan fingerprint density at radius 3 is 2.65 bits per heavy atom. The van der Waals surface area contributed by atoms with Crippen molar-refractivity contribution in [3.8, 4) is 0 Å². The molecule has 1 aromatic carbocycles. The Labute approximate surface area is 121 Å². The number of hydrogen-bond donors (Lipinski definition) is 0. The van der Waals surface area contributed by atoms with E-state index >= 15 is 0 Å². The molecule has 0 saturated carbocycles. The minimum Gasteiger partial charge on any atom is -0.315 e. The van der Waals surface area contributed by atoms with Gasteiger partial charge in [-0.15, -0.1) is 0 Å². The van der Waals surface area contributed by atoms with E-state index in [1.54, 1.807) is 0 Å². The summed E-state index contributed by atoms with van der Waals surface area (Å²) >= 11 is 0. The molecule has 0 aromatic heterocycles. The van der Waals surface area contributed by atoms with E-state index in [0.29, 0.717) is 0 Å². The second kappa shape index (κ2) is 7.34. The molecule has 0 radical (unpaired) electrons. The van der Waals surface area contributed by atoms with Crippen molar-refractivity contribution in [2.24, 2.45) is 0 Å². The maximum absolute atomic E-state index is 4.22. The van der Waals surface area contributed by atoms with E-state index in [1.807, 2.05) is 37.3 Å². The third-order valence-electron chi connectivity index (χ3n) is 3.17. The Morgan fingerprint density at radius 1 is 1.20 bits per heavy atom. The molecule has 0 spiro atoms. The highest BCUT2D eigenvalue weighted by Crippen LogP contribution is 2.28. The highest BCUT2D eigenvalue weighted by Gasteiger charge is 2.14. The lowest BCUT2D eigenvalue weighted by Gasteiger charge is -2.29. The van der Waals surface area contributed by atoms with Crippen LogP contribution in [0.5, 0.6) is 0 Å². The first kappa shape index (κ1) is 14.1. The van der Waals surface area contributed by atoms with Crippen LogP contribution in [0.15, 0.2) is 90.8 Å². The van der Waals surface area contributed by atoms with Gasteiger partial charge in [0.1, 0.15) is 0 Å². The number of anilines is 1. The maximum atomic E-state index is 4.22. The molecule has 0 N–H and O–H groups in total. The van der Waals surface area contributed by atoms with Crippen molar-refractivity contribution in [2.45, 2.75) is 19.8 Å².